The monoisotopic (exact) mass is 554 g/mol. The van der Waals surface area contributed by atoms with E-state index in [1.165, 1.54) is 24.3 Å². The van der Waals surface area contributed by atoms with E-state index in [9.17, 15) is 18.0 Å². The number of carbonyl (C=O) groups excluding carboxylic acids is 2. The smallest absolute Gasteiger partial charge is 0.422 e. The molecule has 1 aliphatic heterocycles. The lowest BCUT2D eigenvalue weighted by atomic mass is 10.0. The number of fused-ring (bicyclic) bond motifs is 1. The molecule has 0 spiro atoms. The Hall–Kier alpha value is -2.59. The molecule has 0 atom stereocenters. The van der Waals surface area contributed by atoms with Crippen LogP contribution in [-0.4, -0.2) is 37.5 Å². The molecule has 0 saturated heterocycles. The molecule has 2 amide bonds. The van der Waals surface area contributed by atoms with Gasteiger partial charge in [-0.25, -0.2) is 22.8 Å². The van der Waals surface area contributed by atoms with Crippen LogP contribution < -0.4 is 14.4 Å². The van der Waals surface area contributed by atoms with Gasteiger partial charge in [0.2, 0.25) is 16.0 Å². The molecule has 1 N–H and O–H groups in total. The van der Waals surface area contributed by atoms with Crippen LogP contribution in [0.2, 0.25) is 10.0 Å². The molecule has 194 valence electrons. The summed E-state index contributed by atoms with van der Waals surface area (Å²) in [6.45, 7) is 10.2. The molecule has 0 aromatic heterocycles. The Kier molecular flexibility index (Phi) is 7.81. The van der Waals surface area contributed by atoms with Gasteiger partial charge in [0.05, 0.1) is 11.3 Å². The number of halogens is 2. The lowest BCUT2D eigenvalue weighted by molar-refractivity contribution is -0.112. The van der Waals surface area contributed by atoms with Crippen LogP contribution in [0.1, 0.15) is 52.7 Å². The number of carbonyl (C=O) groups is 2. The number of imide groups is 1. The number of nitrogens with one attached hydrogen (secondary N) is 1. The lowest BCUT2D eigenvalue weighted by Crippen LogP contribution is -2.42. The first-order chi connectivity index (χ1) is 16.5. The first kappa shape index (κ1) is 28.0. The second-order valence-electron chi connectivity index (χ2n) is 10.3. The van der Waals surface area contributed by atoms with Gasteiger partial charge in [-0.1, -0.05) is 29.3 Å². The number of hydrogen-bond acceptors (Lipinski definition) is 6. The second-order valence-corrected chi connectivity index (χ2v) is 12.8. The van der Waals surface area contributed by atoms with Crippen molar-refractivity contribution < 1.29 is 27.5 Å². The van der Waals surface area contributed by atoms with Gasteiger partial charge in [-0.05, 0) is 78.0 Å². The number of anilines is 1. The fraction of sp³-hybridized carbons (Fsp3) is 0.360. The van der Waals surface area contributed by atoms with Gasteiger partial charge in [0.1, 0.15) is 11.4 Å². The van der Waals surface area contributed by atoms with Crippen molar-refractivity contribution in [2.24, 2.45) is 0 Å². The fourth-order valence-electron chi connectivity index (χ4n) is 3.45. The van der Waals surface area contributed by atoms with Crippen molar-refractivity contribution in [3.05, 3.63) is 57.6 Å². The van der Waals surface area contributed by atoms with Gasteiger partial charge in [-0.15, -0.1) is 0 Å². The van der Waals surface area contributed by atoms with Crippen LogP contribution in [0.3, 0.4) is 0 Å². The zero-order chi connectivity index (χ0) is 27.1. The molecular formula is C25H28Cl2N2O6S. The highest BCUT2D eigenvalue weighted by atomic mass is 35.5. The van der Waals surface area contributed by atoms with Crippen molar-refractivity contribution in [2.75, 3.05) is 10.8 Å². The number of rotatable bonds is 5. The molecule has 0 bridgehead atoms. The van der Waals surface area contributed by atoms with E-state index >= 15 is 0 Å². The topological polar surface area (TPSA) is 102 Å². The number of nitrogens with zero attached hydrogens (tertiary/aromatic N) is 1. The third-order valence-corrected chi connectivity index (χ3v) is 6.43. The fourth-order valence-corrected chi connectivity index (χ4v) is 5.07. The van der Waals surface area contributed by atoms with E-state index in [0.717, 1.165) is 4.90 Å². The normalized spacial score (nSPS) is 15.3. The lowest BCUT2D eigenvalue weighted by Gasteiger charge is -2.23. The first-order valence-corrected chi connectivity index (χ1v) is 13.4. The summed E-state index contributed by atoms with van der Waals surface area (Å²) in [4.78, 5) is 27.2. The van der Waals surface area contributed by atoms with Crippen molar-refractivity contribution in [1.82, 2.24) is 4.72 Å². The van der Waals surface area contributed by atoms with Gasteiger partial charge in [-0.3, -0.25) is 4.79 Å². The Morgan fingerprint density at radius 1 is 1.03 bits per heavy atom. The molecule has 2 aromatic carbocycles. The first-order valence-electron chi connectivity index (χ1n) is 11.0. The number of hydrogen-bond donors (Lipinski definition) is 1. The number of amides is 2. The van der Waals surface area contributed by atoms with Gasteiger partial charge >= 0.3 is 6.09 Å². The summed E-state index contributed by atoms with van der Waals surface area (Å²) < 4.78 is 38.4. The Labute approximate surface area is 221 Å². The predicted molar refractivity (Wildman–Crippen MR) is 142 cm³/mol. The Morgan fingerprint density at radius 3 is 2.25 bits per heavy atom. The highest BCUT2D eigenvalue weighted by Gasteiger charge is 2.39. The van der Waals surface area contributed by atoms with Crippen LogP contribution in [-0.2, 0) is 19.6 Å². The maximum absolute atomic E-state index is 13.4. The van der Waals surface area contributed by atoms with Crippen LogP contribution >= 0.6 is 23.2 Å². The third kappa shape index (κ3) is 7.00. The van der Waals surface area contributed by atoms with Crippen LogP contribution in [0.5, 0.6) is 5.75 Å². The van der Waals surface area contributed by atoms with E-state index < -0.39 is 39.1 Å². The molecule has 1 heterocycles. The molecular weight excluding hydrogens is 527 g/mol. The highest BCUT2D eigenvalue weighted by Crippen LogP contribution is 2.41. The summed E-state index contributed by atoms with van der Waals surface area (Å²) in [7, 11) is -3.77. The maximum atomic E-state index is 13.4. The summed E-state index contributed by atoms with van der Waals surface area (Å²) in [6, 6.07) is 9.30. The average molecular weight is 555 g/mol. The van der Waals surface area contributed by atoms with Crippen molar-refractivity contribution in [1.29, 1.82) is 0 Å². The summed E-state index contributed by atoms with van der Waals surface area (Å²) in [5.41, 5.74) is -0.278. The van der Waals surface area contributed by atoms with Crippen LogP contribution in [0, 0.1) is 0 Å². The molecule has 11 heteroatoms. The number of benzene rings is 2. The van der Waals surface area contributed by atoms with Crippen LogP contribution in [0.15, 0.2) is 36.4 Å². The summed E-state index contributed by atoms with van der Waals surface area (Å²) in [5, 5.41) is 0.676. The van der Waals surface area contributed by atoms with Crippen molar-refractivity contribution in [3.63, 3.8) is 0 Å². The SMILES string of the molecule is CC(C)(C)NS(=O)(=O)COc1ccc(Cl)cc1/C=C1/C(=O)N(C(=O)OC(C)(C)C)c2cc(Cl)ccc21. The summed E-state index contributed by atoms with van der Waals surface area (Å²) in [5.74, 6) is -1.09. The minimum absolute atomic E-state index is 0.162. The molecule has 2 aromatic rings. The molecule has 8 nitrogen and oxygen atoms in total. The molecule has 3 rings (SSSR count). The Morgan fingerprint density at radius 2 is 1.64 bits per heavy atom. The van der Waals surface area contributed by atoms with E-state index in [1.807, 2.05) is 0 Å². The highest BCUT2D eigenvalue weighted by molar-refractivity contribution is 7.89. The molecule has 0 saturated carbocycles. The molecule has 0 unspecified atom stereocenters. The summed E-state index contributed by atoms with van der Waals surface area (Å²) >= 11 is 12.3. The quantitative estimate of drug-likeness (QED) is 0.463. The predicted octanol–water partition coefficient (Wildman–Crippen LogP) is 5.87. The minimum Gasteiger partial charge on any atom is -0.476 e. The number of ether oxygens (including phenoxy) is 2. The van der Waals surface area contributed by atoms with E-state index in [1.54, 1.807) is 59.7 Å². The minimum atomic E-state index is -3.77. The van der Waals surface area contributed by atoms with E-state index in [0.29, 0.717) is 21.2 Å². The molecule has 0 fully saturated rings. The zero-order valence-corrected chi connectivity index (χ0v) is 23.1. The Bertz CT molecular complexity index is 1340. The van der Waals surface area contributed by atoms with E-state index in [-0.39, 0.29) is 17.0 Å². The Balaban J connectivity index is 2.03. The molecule has 1 aliphatic rings. The standard InChI is InChI=1S/C25H28Cl2N2O6S/c1-24(2,3)28-36(32,33)14-34-21-10-8-16(26)11-15(21)12-19-18-9-7-17(27)13-20(18)29(22(19)30)23(31)35-25(4,5)6/h7-13,28H,14H2,1-6H3/b19-12+. The molecule has 36 heavy (non-hydrogen) atoms. The van der Waals surface area contributed by atoms with Gasteiger partial charge in [0.25, 0.3) is 5.91 Å². The van der Waals surface area contributed by atoms with Crippen LogP contribution in [0.25, 0.3) is 11.6 Å². The van der Waals surface area contributed by atoms with E-state index in [4.69, 9.17) is 32.7 Å². The van der Waals surface area contributed by atoms with Crippen molar-refractivity contribution in [2.45, 2.75) is 52.7 Å². The van der Waals surface area contributed by atoms with Crippen molar-refractivity contribution >= 4 is 62.6 Å². The maximum Gasteiger partial charge on any atom is 0.422 e. The van der Waals surface area contributed by atoms with Gasteiger partial charge in [0.15, 0.2) is 0 Å². The molecule has 0 radical (unpaired) electrons. The van der Waals surface area contributed by atoms with Gasteiger partial charge in [-0.2, -0.15) is 0 Å². The zero-order valence-electron chi connectivity index (χ0n) is 20.8. The van der Waals surface area contributed by atoms with Gasteiger partial charge in [0, 0.05) is 26.7 Å². The summed E-state index contributed by atoms with van der Waals surface area (Å²) in [6.07, 6.45) is 0.645. The number of sulfonamides is 1. The van der Waals surface area contributed by atoms with Crippen molar-refractivity contribution in [3.8, 4) is 5.75 Å². The molecule has 0 aliphatic carbocycles. The van der Waals surface area contributed by atoms with E-state index in [2.05, 4.69) is 4.72 Å². The van der Waals surface area contributed by atoms with Crippen LogP contribution in [0.4, 0.5) is 10.5 Å². The largest absolute Gasteiger partial charge is 0.476 e. The van der Waals surface area contributed by atoms with Gasteiger partial charge < -0.3 is 9.47 Å². The second kappa shape index (κ2) is 10.0. The average Bonchev–Trinajstić information content (AvgIpc) is 2.95. The third-order valence-electron chi connectivity index (χ3n) is 4.60.